The zero-order valence-corrected chi connectivity index (χ0v) is 19.7. The van der Waals surface area contributed by atoms with Crippen LogP contribution < -0.4 is 13.8 Å². The number of methoxy groups -OCH3 is 2. The minimum Gasteiger partial charge on any atom is -0.493 e. The van der Waals surface area contributed by atoms with E-state index < -0.39 is 22.0 Å². The first kappa shape index (κ1) is 24.1. The van der Waals surface area contributed by atoms with Crippen LogP contribution in [0.5, 0.6) is 11.5 Å². The molecule has 2 rings (SSSR count). The van der Waals surface area contributed by atoms with Gasteiger partial charge in [0, 0.05) is 18.6 Å². The van der Waals surface area contributed by atoms with Gasteiger partial charge in [-0.05, 0) is 42.8 Å². The summed E-state index contributed by atoms with van der Waals surface area (Å²) in [6.45, 7) is 1.75. The number of hydrogen-bond acceptors (Lipinski definition) is 5. The Hall–Kier alpha value is -2.16. The van der Waals surface area contributed by atoms with Gasteiger partial charge in [0.05, 0.1) is 31.2 Å². The summed E-state index contributed by atoms with van der Waals surface area (Å²) < 4.78 is 36.5. The zero-order valence-electron chi connectivity index (χ0n) is 17.3. The Morgan fingerprint density at radius 3 is 2.27 bits per heavy atom. The predicted octanol–water partition coefficient (Wildman–Crippen LogP) is 3.82. The molecule has 0 N–H and O–H groups in total. The summed E-state index contributed by atoms with van der Waals surface area (Å²) in [6, 6.07) is 8.72. The van der Waals surface area contributed by atoms with E-state index in [1.165, 1.54) is 38.2 Å². The second kappa shape index (κ2) is 9.76. The van der Waals surface area contributed by atoms with Crippen LogP contribution in [0.1, 0.15) is 12.5 Å². The lowest BCUT2D eigenvalue weighted by atomic mass is 10.1. The fourth-order valence-electron chi connectivity index (χ4n) is 3.08. The number of likely N-dealkylation sites (N-methyl/N-ethyl adjacent to an activating group) is 1. The van der Waals surface area contributed by atoms with Crippen molar-refractivity contribution in [3.8, 4) is 11.5 Å². The number of benzene rings is 2. The number of hydrogen-bond donors (Lipinski definition) is 0. The van der Waals surface area contributed by atoms with Crippen molar-refractivity contribution in [2.24, 2.45) is 0 Å². The molecule has 0 aliphatic heterocycles. The van der Waals surface area contributed by atoms with Crippen LogP contribution in [0.3, 0.4) is 0 Å². The van der Waals surface area contributed by atoms with Gasteiger partial charge in [-0.1, -0.05) is 29.3 Å². The number of carbonyl (C=O) groups excluding carboxylic acids is 1. The van der Waals surface area contributed by atoms with Crippen LogP contribution in [0.2, 0.25) is 10.0 Å². The van der Waals surface area contributed by atoms with E-state index in [4.69, 9.17) is 32.7 Å². The summed E-state index contributed by atoms with van der Waals surface area (Å²) in [7, 11) is 0.834. The molecule has 7 nitrogen and oxygen atoms in total. The van der Waals surface area contributed by atoms with Gasteiger partial charge in [0.2, 0.25) is 15.9 Å². The van der Waals surface area contributed by atoms with Crippen LogP contribution in [-0.4, -0.2) is 52.8 Å². The van der Waals surface area contributed by atoms with Crippen LogP contribution in [0, 0.1) is 0 Å². The Morgan fingerprint density at radius 2 is 1.70 bits per heavy atom. The zero-order chi connectivity index (χ0) is 22.6. The Labute approximate surface area is 187 Å². The normalized spacial score (nSPS) is 12.2. The van der Waals surface area contributed by atoms with Gasteiger partial charge in [-0.25, -0.2) is 8.42 Å². The van der Waals surface area contributed by atoms with Gasteiger partial charge < -0.3 is 14.4 Å². The van der Waals surface area contributed by atoms with E-state index in [2.05, 4.69) is 0 Å². The molecular formula is C20H24Cl2N2O5S. The van der Waals surface area contributed by atoms with Crippen LogP contribution in [0.25, 0.3) is 0 Å². The molecule has 10 heteroatoms. The van der Waals surface area contributed by atoms with Crippen molar-refractivity contribution < 1.29 is 22.7 Å². The van der Waals surface area contributed by atoms with E-state index in [0.29, 0.717) is 16.5 Å². The van der Waals surface area contributed by atoms with E-state index in [9.17, 15) is 13.2 Å². The van der Waals surface area contributed by atoms with Gasteiger partial charge >= 0.3 is 0 Å². The second-order valence-electron chi connectivity index (χ2n) is 6.71. The average molecular weight is 475 g/mol. The van der Waals surface area contributed by atoms with E-state index in [0.717, 1.165) is 16.1 Å². The molecule has 0 spiro atoms. The fourth-order valence-corrected chi connectivity index (χ4v) is 4.68. The number of rotatable bonds is 8. The molecule has 1 unspecified atom stereocenters. The van der Waals surface area contributed by atoms with Crippen molar-refractivity contribution in [3.05, 3.63) is 52.0 Å². The largest absolute Gasteiger partial charge is 0.493 e. The highest BCUT2D eigenvalue weighted by Crippen LogP contribution is 2.33. The van der Waals surface area contributed by atoms with Crippen molar-refractivity contribution in [2.45, 2.75) is 19.5 Å². The standard InChI is InChI=1S/C20H24Cl2N2O5S/c1-13(24(30(5,26)27)17-11-15(21)7-8-16(17)22)20(25)23(2)12-14-6-9-18(28-3)19(10-14)29-4/h6-11,13H,12H2,1-5H3. The number of nitrogens with zero attached hydrogens (tertiary/aromatic N) is 2. The maximum Gasteiger partial charge on any atom is 0.246 e. The number of ether oxygens (including phenoxy) is 2. The Morgan fingerprint density at radius 1 is 1.07 bits per heavy atom. The summed E-state index contributed by atoms with van der Waals surface area (Å²) in [5.41, 5.74) is 0.939. The number of carbonyl (C=O) groups is 1. The molecule has 0 aliphatic rings. The van der Waals surface area contributed by atoms with Crippen molar-refractivity contribution >= 4 is 44.8 Å². The van der Waals surface area contributed by atoms with Gasteiger partial charge in [-0.15, -0.1) is 0 Å². The van der Waals surface area contributed by atoms with Crippen molar-refractivity contribution in [3.63, 3.8) is 0 Å². The maximum absolute atomic E-state index is 13.1. The molecule has 0 saturated carbocycles. The van der Waals surface area contributed by atoms with Crippen LogP contribution >= 0.6 is 23.2 Å². The molecule has 0 radical (unpaired) electrons. The molecule has 0 fully saturated rings. The fraction of sp³-hybridized carbons (Fsp3) is 0.350. The molecule has 30 heavy (non-hydrogen) atoms. The summed E-state index contributed by atoms with van der Waals surface area (Å²) in [6.07, 6.45) is 1.02. The highest BCUT2D eigenvalue weighted by atomic mass is 35.5. The number of anilines is 1. The molecular weight excluding hydrogens is 451 g/mol. The van der Waals surface area contributed by atoms with Crippen molar-refractivity contribution in [2.75, 3.05) is 31.8 Å². The number of halogens is 2. The first-order chi connectivity index (χ1) is 14.0. The van der Waals surface area contributed by atoms with E-state index in [1.807, 2.05) is 0 Å². The van der Waals surface area contributed by atoms with Gasteiger partial charge in [0.25, 0.3) is 0 Å². The summed E-state index contributed by atoms with van der Waals surface area (Å²) in [5.74, 6) is 0.695. The molecule has 0 aromatic heterocycles. The third-order valence-corrected chi connectivity index (χ3v) is 6.24. The molecule has 164 valence electrons. The second-order valence-corrected chi connectivity index (χ2v) is 9.42. The van der Waals surface area contributed by atoms with E-state index >= 15 is 0 Å². The lowest BCUT2D eigenvalue weighted by Crippen LogP contribution is -2.48. The predicted molar refractivity (Wildman–Crippen MR) is 119 cm³/mol. The minimum absolute atomic E-state index is 0.145. The molecule has 0 bridgehead atoms. The SMILES string of the molecule is COc1ccc(CN(C)C(=O)C(C)N(c2cc(Cl)ccc2Cl)S(C)(=O)=O)cc1OC. The van der Waals surface area contributed by atoms with E-state index in [-0.39, 0.29) is 17.3 Å². The third kappa shape index (κ3) is 5.50. The molecule has 2 aromatic carbocycles. The summed E-state index contributed by atoms with van der Waals surface area (Å²) in [5, 5.41) is 0.480. The molecule has 0 heterocycles. The van der Waals surface area contributed by atoms with Crippen LogP contribution in [-0.2, 0) is 21.4 Å². The molecule has 0 aliphatic carbocycles. The molecule has 0 saturated heterocycles. The van der Waals surface area contributed by atoms with Crippen LogP contribution in [0.15, 0.2) is 36.4 Å². The Kier molecular flexibility index (Phi) is 7.85. The summed E-state index contributed by atoms with van der Waals surface area (Å²) >= 11 is 12.2. The van der Waals surface area contributed by atoms with Gasteiger partial charge in [-0.3, -0.25) is 9.10 Å². The maximum atomic E-state index is 13.1. The average Bonchev–Trinajstić information content (AvgIpc) is 2.68. The van der Waals surface area contributed by atoms with Gasteiger partial charge in [0.1, 0.15) is 6.04 Å². The van der Waals surface area contributed by atoms with Crippen molar-refractivity contribution in [1.29, 1.82) is 0 Å². The highest BCUT2D eigenvalue weighted by Gasteiger charge is 2.32. The summed E-state index contributed by atoms with van der Waals surface area (Å²) in [4.78, 5) is 14.5. The highest BCUT2D eigenvalue weighted by molar-refractivity contribution is 7.92. The quantitative estimate of drug-likeness (QED) is 0.580. The minimum atomic E-state index is -3.82. The Balaban J connectivity index is 2.32. The first-order valence-electron chi connectivity index (χ1n) is 8.90. The molecule has 2 aromatic rings. The number of sulfonamides is 1. The van der Waals surface area contributed by atoms with Gasteiger partial charge in [0.15, 0.2) is 11.5 Å². The number of amides is 1. The van der Waals surface area contributed by atoms with E-state index in [1.54, 1.807) is 31.3 Å². The molecule has 1 atom stereocenters. The Bertz CT molecular complexity index is 1030. The van der Waals surface area contributed by atoms with Crippen LogP contribution in [0.4, 0.5) is 5.69 Å². The smallest absolute Gasteiger partial charge is 0.246 e. The lowest BCUT2D eigenvalue weighted by molar-refractivity contribution is -0.131. The third-order valence-electron chi connectivity index (χ3n) is 4.46. The monoisotopic (exact) mass is 474 g/mol. The first-order valence-corrected chi connectivity index (χ1v) is 11.5. The molecule has 1 amide bonds. The van der Waals surface area contributed by atoms with Crippen molar-refractivity contribution in [1.82, 2.24) is 4.90 Å². The van der Waals surface area contributed by atoms with Gasteiger partial charge in [-0.2, -0.15) is 0 Å². The lowest BCUT2D eigenvalue weighted by Gasteiger charge is -2.31. The topological polar surface area (TPSA) is 76.2 Å².